The average Bonchev–Trinajstić information content (AvgIpc) is 3.30. The summed E-state index contributed by atoms with van der Waals surface area (Å²) in [4.78, 5) is 25.1. The Morgan fingerprint density at radius 2 is 1.83 bits per heavy atom. The van der Waals surface area contributed by atoms with Crippen LogP contribution < -0.4 is 5.32 Å². The molecule has 1 fully saturated rings. The number of thiophene rings is 1. The van der Waals surface area contributed by atoms with Gasteiger partial charge in [-0.1, -0.05) is 6.07 Å². The van der Waals surface area contributed by atoms with Crippen LogP contribution >= 0.6 is 11.3 Å². The van der Waals surface area contributed by atoms with E-state index in [4.69, 9.17) is 0 Å². The topological polar surface area (TPSA) is 99.3 Å². The zero-order valence-corrected chi connectivity index (χ0v) is 19.7. The van der Waals surface area contributed by atoms with Crippen LogP contribution in [-0.4, -0.2) is 31.1 Å². The van der Waals surface area contributed by atoms with E-state index in [0.29, 0.717) is 5.69 Å². The number of rotatable bonds is 5. The Bertz CT molecular complexity index is 1780. The number of aromatic amines is 2. The molecule has 5 aromatic heterocycles. The van der Waals surface area contributed by atoms with Crippen LogP contribution in [-0.2, 0) is 4.79 Å². The number of carbonyl (C=O) groups excluding carboxylic acids is 1. The SMILES string of the molecule is O=C(Nc1cncc(-c2ccc3[nH]nc(-c4cc5c(-c6ccc(F)s6)cncc5[nH]4)c3c2)c1)C1CC1. The minimum atomic E-state index is -0.228. The monoisotopic (exact) mass is 494 g/mol. The van der Waals surface area contributed by atoms with Crippen molar-refractivity contribution in [2.24, 2.45) is 5.92 Å². The summed E-state index contributed by atoms with van der Waals surface area (Å²) < 4.78 is 13.7. The van der Waals surface area contributed by atoms with Crippen molar-refractivity contribution in [3.8, 4) is 33.0 Å². The zero-order chi connectivity index (χ0) is 24.2. The third-order valence-corrected chi connectivity index (χ3v) is 7.40. The Balaban J connectivity index is 1.28. The molecule has 0 aliphatic heterocycles. The van der Waals surface area contributed by atoms with Gasteiger partial charge in [0.1, 0.15) is 5.69 Å². The van der Waals surface area contributed by atoms with Gasteiger partial charge in [-0.05, 0) is 54.8 Å². The number of nitrogens with one attached hydrogen (secondary N) is 3. The van der Waals surface area contributed by atoms with Crippen molar-refractivity contribution < 1.29 is 9.18 Å². The number of aromatic nitrogens is 5. The van der Waals surface area contributed by atoms with Gasteiger partial charge in [-0.2, -0.15) is 9.49 Å². The van der Waals surface area contributed by atoms with E-state index in [9.17, 15) is 9.18 Å². The van der Waals surface area contributed by atoms with E-state index < -0.39 is 0 Å². The molecule has 7 nitrogen and oxygen atoms in total. The molecule has 0 unspecified atom stereocenters. The molecule has 3 N–H and O–H groups in total. The lowest BCUT2D eigenvalue weighted by Gasteiger charge is -2.07. The van der Waals surface area contributed by atoms with Gasteiger partial charge in [-0.15, -0.1) is 11.3 Å². The fourth-order valence-electron chi connectivity index (χ4n) is 4.49. The number of benzene rings is 1. The van der Waals surface area contributed by atoms with Crippen molar-refractivity contribution in [1.82, 2.24) is 25.1 Å². The molecule has 7 rings (SSSR count). The quantitative estimate of drug-likeness (QED) is 0.259. The number of anilines is 1. The van der Waals surface area contributed by atoms with E-state index in [2.05, 4.69) is 36.5 Å². The highest BCUT2D eigenvalue weighted by Crippen LogP contribution is 2.37. The van der Waals surface area contributed by atoms with Crippen LogP contribution in [0.25, 0.3) is 54.8 Å². The summed E-state index contributed by atoms with van der Waals surface area (Å²) in [6, 6.07) is 13.3. The van der Waals surface area contributed by atoms with Crippen LogP contribution in [0.4, 0.5) is 10.1 Å². The summed E-state index contributed by atoms with van der Waals surface area (Å²) in [5.41, 5.74) is 6.80. The lowest BCUT2D eigenvalue weighted by atomic mass is 10.0. The van der Waals surface area contributed by atoms with Crippen molar-refractivity contribution in [2.45, 2.75) is 12.8 Å². The fraction of sp³-hybridized carbons (Fsp3) is 0.111. The summed E-state index contributed by atoms with van der Waals surface area (Å²) in [7, 11) is 0. The Hall–Kier alpha value is -4.37. The van der Waals surface area contributed by atoms with Gasteiger partial charge < -0.3 is 10.3 Å². The first kappa shape index (κ1) is 21.0. The highest BCUT2D eigenvalue weighted by Gasteiger charge is 2.29. The van der Waals surface area contributed by atoms with Crippen LogP contribution in [0.3, 0.4) is 0 Å². The van der Waals surface area contributed by atoms with Gasteiger partial charge in [0.15, 0.2) is 5.13 Å². The molecule has 1 aliphatic rings. The largest absolute Gasteiger partial charge is 0.352 e. The number of pyridine rings is 2. The van der Waals surface area contributed by atoms with Gasteiger partial charge in [0.2, 0.25) is 5.91 Å². The molecule has 0 atom stereocenters. The molecule has 1 aliphatic carbocycles. The van der Waals surface area contributed by atoms with Crippen LogP contribution in [0.15, 0.2) is 67.3 Å². The van der Waals surface area contributed by atoms with Gasteiger partial charge in [-0.3, -0.25) is 19.9 Å². The number of fused-ring (bicyclic) bond motifs is 2. The highest BCUT2D eigenvalue weighted by atomic mass is 32.1. The van der Waals surface area contributed by atoms with E-state index in [1.54, 1.807) is 30.9 Å². The van der Waals surface area contributed by atoms with Crippen molar-refractivity contribution >= 4 is 44.7 Å². The first-order valence-corrected chi connectivity index (χ1v) is 12.4. The number of hydrogen-bond donors (Lipinski definition) is 3. The van der Waals surface area contributed by atoms with Gasteiger partial charge in [0.25, 0.3) is 0 Å². The van der Waals surface area contributed by atoms with Crippen molar-refractivity contribution in [3.63, 3.8) is 0 Å². The molecule has 1 aromatic carbocycles. The molecule has 9 heteroatoms. The molecular formula is C27H19FN6OS. The standard InChI is InChI=1S/C27H19FN6OS/c28-25-6-5-24(36-25)20-12-30-13-23-18(20)9-22(32-23)26-19-8-15(3-4-21(19)33-34-26)16-7-17(11-29-10-16)31-27(35)14-1-2-14/h3-14,32H,1-2H2,(H,31,35)(H,33,34). The molecule has 0 bridgehead atoms. The Morgan fingerprint density at radius 3 is 2.67 bits per heavy atom. The van der Waals surface area contributed by atoms with Crippen LogP contribution in [0, 0.1) is 11.0 Å². The normalized spacial score (nSPS) is 13.5. The van der Waals surface area contributed by atoms with E-state index >= 15 is 0 Å². The van der Waals surface area contributed by atoms with Crippen molar-refractivity contribution in [3.05, 3.63) is 72.4 Å². The summed E-state index contributed by atoms with van der Waals surface area (Å²) in [6.07, 6.45) is 8.88. The van der Waals surface area contributed by atoms with Crippen molar-refractivity contribution in [1.29, 1.82) is 0 Å². The summed E-state index contributed by atoms with van der Waals surface area (Å²) >= 11 is 1.10. The van der Waals surface area contributed by atoms with E-state index in [-0.39, 0.29) is 17.0 Å². The highest BCUT2D eigenvalue weighted by molar-refractivity contribution is 7.14. The van der Waals surface area contributed by atoms with Gasteiger partial charge in [-0.25, -0.2) is 0 Å². The molecule has 0 saturated heterocycles. The molecule has 176 valence electrons. The second-order valence-corrected chi connectivity index (χ2v) is 10.0. The fourth-order valence-corrected chi connectivity index (χ4v) is 5.24. The van der Waals surface area contributed by atoms with Crippen LogP contribution in [0.2, 0.25) is 0 Å². The molecule has 6 aromatic rings. The predicted molar refractivity (Wildman–Crippen MR) is 139 cm³/mol. The number of amides is 1. The van der Waals surface area contributed by atoms with E-state index in [0.717, 1.165) is 78.9 Å². The second-order valence-electron chi connectivity index (χ2n) is 8.99. The Morgan fingerprint density at radius 1 is 0.944 bits per heavy atom. The minimum absolute atomic E-state index is 0.0551. The smallest absolute Gasteiger partial charge is 0.227 e. The zero-order valence-electron chi connectivity index (χ0n) is 18.9. The lowest BCUT2D eigenvalue weighted by Crippen LogP contribution is -2.13. The van der Waals surface area contributed by atoms with Crippen LogP contribution in [0.5, 0.6) is 0 Å². The van der Waals surface area contributed by atoms with Gasteiger partial charge >= 0.3 is 0 Å². The first-order valence-electron chi connectivity index (χ1n) is 11.6. The molecule has 5 heterocycles. The average molecular weight is 495 g/mol. The number of hydrogen-bond acceptors (Lipinski definition) is 5. The second kappa shape index (κ2) is 8.10. The number of nitrogens with zero attached hydrogens (tertiary/aromatic N) is 3. The third kappa shape index (κ3) is 3.64. The molecule has 0 radical (unpaired) electrons. The van der Waals surface area contributed by atoms with E-state index in [1.807, 2.05) is 24.3 Å². The lowest BCUT2D eigenvalue weighted by molar-refractivity contribution is -0.117. The maximum Gasteiger partial charge on any atom is 0.227 e. The molecule has 36 heavy (non-hydrogen) atoms. The first-order chi connectivity index (χ1) is 17.6. The molecular weight excluding hydrogens is 475 g/mol. The Labute approximate surface area is 208 Å². The maximum absolute atomic E-state index is 13.7. The van der Waals surface area contributed by atoms with Crippen LogP contribution in [0.1, 0.15) is 12.8 Å². The number of carbonyl (C=O) groups is 1. The maximum atomic E-state index is 13.7. The molecule has 0 spiro atoms. The summed E-state index contributed by atoms with van der Waals surface area (Å²) in [5.74, 6) is 0.184. The number of halogens is 1. The van der Waals surface area contributed by atoms with E-state index in [1.165, 1.54) is 6.07 Å². The molecule has 1 amide bonds. The van der Waals surface area contributed by atoms with Gasteiger partial charge in [0, 0.05) is 45.1 Å². The number of H-pyrrole nitrogens is 2. The summed E-state index contributed by atoms with van der Waals surface area (Å²) in [6.45, 7) is 0. The molecule has 1 saturated carbocycles. The summed E-state index contributed by atoms with van der Waals surface area (Å²) in [5, 5.41) is 12.3. The Kier molecular flexibility index (Phi) is 4.71. The predicted octanol–water partition coefficient (Wildman–Crippen LogP) is 6.38. The van der Waals surface area contributed by atoms with Gasteiger partial charge in [0.05, 0.1) is 34.8 Å². The van der Waals surface area contributed by atoms with Crippen molar-refractivity contribution in [2.75, 3.05) is 5.32 Å². The third-order valence-electron chi connectivity index (χ3n) is 6.49. The minimum Gasteiger partial charge on any atom is -0.352 e.